The lowest BCUT2D eigenvalue weighted by atomic mass is 10.3. The highest BCUT2D eigenvalue weighted by atomic mass is 127. The molecule has 0 aliphatic carbocycles. The molecular formula is C9H9I2NO3. The summed E-state index contributed by atoms with van der Waals surface area (Å²) >= 11 is 4.20. The normalized spacial score (nSPS) is 10.1. The van der Waals surface area contributed by atoms with E-state index in [1.54, 1.807) is 6.07 Å². The molecule has 15 heavy (non-hydrogen) atoms. The van der Waals surface area contributed by atoms with Gasteiger partial charge in [0, 0.05) is 19.3 Å². The van der Waals surface area contributed by atoms with Crippen LogP contribution in [0.5, 0.6) is 5.75 Å². The number of nitro benzene ring substituents is 1. The number of halogens is 2. The molecule has 0 bridgehead atoms. The van der Waals surface area contributed by atoms with Gasteiger partial charge in [0.1, 0.15) is 0 Å². The van der Waals surface area contributed by atoms with Crippen molar-refractivity contribution in [2.75, 3.05) is 6.61 Å². The van der Waals surface area contributed by atoms with E-state index >= 15 is 0 Å². The molecule has 1 rings (SSSR count). The largest absolute Gasteiger partial charge is 0.487 e. The Balaban J connectivity index is 3.10. The molecule has 82 valence electrons. The van der Waals surface area contributed by atoms with Crippen molar-refractivity contribution in [3.05, 3.63) is 29.4 Å². The van der Waals surface area contributed by atoms with E-state index in [2.05, 4.69) is 45.2 Å². The highest BCUT2D eigenvalue weighted by Gasteiger charge is 2.17. The predicted octanol–water partition coefficient (Wildman–Crippen LogP) is 3.59. The third-order valence-electron chi connectivity index (χ3n) is 1.66. The number of nitro groups is 1. The monoisotopic (exact) mass is 433 g/mol. The Morgan fingerprint density at radius 2 is 2.00 bits per heavy atom. The number of ether oxygens (including phenoxy) is 1. The van der Waals surface area contributed by atoms with Gasteiger partial charge in [-0.05, 0) is 51.6 Å². The van der Waals surface area contributed by atoms with Gasteiger partial charge in [0.25, 0.3) is 0 Å². The van der Waals surface area contributed by atoms with E-state index in [1.165, 1.54) is 6.07 Å². The van der Waals surface area contributed by atoms with Crippen molar-refractivity contribution >= 4 is 50.9 Å². The van der Waals surface area contributed by atoms with Crippen molar-refractivity contribution < 1.29 is 9.66 Å². The number of hydrogen-bond acceptors (Lipinski definition) is 3. The van der Waals surface area contributed by atoms with Gasteiger partial charge in [0.05, 0.1) is 11.5 Å². The average Bonchev–Trinajstić information content (AvgIpc) is 2.19. The van der Waals surface area contributed by atoms with Gasteiger partial charge in [-0.15, -0.1) is 0 Å². The molecule has 0 aliphatic rings. The molecule has 0 amide bonds. The van der Waals surface area contributed by atoms with Crippen LogP contribution in [0.1, 0.15) is 13.3 Å². The van der Waals surface area contributed by atoms with Crippen LogP contribution in [0.4, 0.5) is 5.69 Å². The molecule has 0 saturated heterocycles. The molecule has 1 aromatic rings. The van der Waals surface area contributed by atoms with Gasteiger partial charge in [-0.3, -0.25) is 10.1 Å². The Morgan fingerprint density at radius 1 is 1.40 bits per heavy atom. The van der Waals surface area contributed by atoms with E-state index in [1.807, 2.05) is 6.92 Å². The zero-order valence-electron chi connectivity index (χ0n) is 8.00. The van der Waals surface area contributed by atoms with Gasteiger partial charge < -0.3 is 4.74 Å². The minimum atomic E-state index is -0.413. The van der Waals surface area contributed by atoms with E-state index in [4.69, 9.17) is 4.74 Å². The van der Waals surface area contributed by atoms with Gasteiger partial charge in [0.2, 0.25) is 0 Å². The van der Waals surface area contributed by atoms with E-state index in [0.29, 0.717) is 12.4 Å². The van der Waals surface area contributed by atoms with Crippen LogP contribution in [-0.2, 0) is 0 Å². The summed E-state index contributed by atoms with van der Waals surface area (Å²) in [7, 11) is 0. The van der Waals surface area contributed by atoms with Crippen LogP contribution in [-0.4, -0.2) is 11.5 Å². The Morgan fingerprint density at radius 3 is 2.53 bits per heavy atom. The van der Waals surface area contributed by atoms with Crippen LogP contribution in [0.25, 0.3) is 0 Å². The Hall–Kier alpha value is -0.120. The minimum absolute atomic E-state index is 0.0354. The summed E-state index contributed by atoms with van der Waals surface area (Å²) in [6.07, 6.45) is 0.833. The first-order valence-corrected chi connectivity index (χ1v) is 6.48. The van der Waals surface area contributed by atoms with Gasteiger partial charge >= 0.3 is 5.69 Å². The maximum absolute atomic E-state index is 10.8. The molecule has 4 nitrogen and oxygen atoms in total. The highest BCUT2D eigenvalue weighted by Crippen LogP contribution is 2.32. The third kappa shape index (κ3) is 3.44. The molecule has 0 spiro atoms. The molecule has 0 atom stereocenters. The highest BCUT2D eigenvalue weighted by molar-refractivity contribution is 14.1. The van der Waals surface area contributed by atoms with Crippen LogP contribution in [0, 0.1) is 17.3 Å². The van der Waals surface area contributed by atoms with Crippen molar-refractivity contribution in [1.29, 1.82) is 0 Å². The van der Waals surface area contributed by atoms with E-state index in [0.717, 1.165) is 13.6 Å². The fraction of sp³-hybridized carbons (Fsp3) is 0.333. The molecule has 1 aromatic carbocycles. The second kappa shape index (κ2) is 5.83. The van der Waals surface area contributed by atoms with Crippen molar-refractivity contribution in [2.45, 2.75) is 13.3 Å². The Bertz CT molecular complexity index is 382. The smallest absolute Gasteiger partial charge is 0.312 e. The standard InChI is InChI=1S/C9H9I2NO3/c1-2-3-15-9-5-7(11)6(10)4-8(9)12(13)14/h4-5H,2-3H2,1H3. The third-order valence-corrected chi connectivity index (χ3v) is 4.48. The first-order valence-electron chi connectivity index (χ1n) is 4.32. The molecular weight excluding hydrogens is 424 g/mol. The summed E-state index contributed by atoms with van der Waals surface area (Å²) in [5.41, 5.74) is 0.0354. The summed E-state index contributed by atoms with van der Waals surface area (Å²) in [6.45, 7) is 2.46. The molecule has 0 fully saturated rings. The molecule has 0 radical (unpaired) electrons. The van der Waals surface area contributed by atoms with Crippen LogP contribution in [0.3, 0.4) is 0 Å². The van der Waals surface area contributed by atoms with Crippen LogP contribution in [0.15, 0.2) is 12.1 Å². The Kier molecular flexibility index (Phi) is 5.03. The predicted molar refractivity (Wildman–Crippen MR) is 74.3 cm³/mol. The molecule has 0 aromatic heterocycles. The second-order valence-corrected chi connectivity index (χ2v) is 5.16. The van der Waals surface area contributed by atoms with Gasteiger partial charge in [0.15, 0.2) is 5.75 Å². The molecule has 0 unspecified atom stereocenters. The lowest BCUT2D eigenvalue weighted by molar-refractivity contribution is -0.386. The van der Waals surface area contributed by atoms with E-state index < -0.39 is 4.92 Å². The molecule has 0 aliphatic heterocycles. The SMILES string of the molecule is CCCOc1cc(I)c(I)cc1[N+](=O)[O-]. The van der Waals surface area contributed by atoms with Crippen LogP contribution >= 0.6 is 45.2 Å². The number of nitrogens with zero attached hydrogens (tertiary/aromatic N) is 1. The van der Waals surface area contributed by atoms with Gasteiger partial charge in [-0.2, -0.15) is 0 Å². The van der Waals surface area contributed by atoms with Crippen molar-refractivity contribution in [3.8, 4) is 5.75 Å². The number of rotatable bonds is 4. The van der Waals surface area contributed by atoms with Crippen LogP contribution in [0.2, 0.25) is 0 Å². The average molecular weight is 433 g/mol. The fourth-order valence-electron chi connectivity index (χ4n) is 0.988. The van der Waals surface area contributed by atoms with Gasteiger partial charge in [-0.25, -0.2) is 0 Å². The van der Waals surface area contributed by atoms with Crippen molar-refractivity contribution in [2.24, 2.45) is 0 Å². The fourth-order valence-corrected chi connectivity index (χ4v) is 1.88. The van der Waals surface area contributed by atoms with Crippen LogP contribution < -0.4 is 4.74 Å². The first kappa shape index (κ1) is 12.9. The molecule has 0 N–H and O–H groups in total. The number of hydrogen-bond donors (Lipinski definition) is 0. The van der Waals surface area contributed by atoms with E-state index in [9.17, 15) is 10.1 Å². The first-order chi connectivity index (χ1) is 7.06. The van der Waals surface area contributed by atoms with Gasteiger partial charge in [-0.1, -0.05) is 6.92 Å². The second-order valence-electron chi connectivity index (χ2n) is 2.84. The molecule has 0 heterocycles. The molecule has 0 saturated carbocycles. The summed E-state index contributed by atoms with van der Waals surface area (Å²) in [5, 5.41) is 10.8. The van der Waals surface area contributed by atoms with Crippen molar-refractivity contribution in [3.63, 3.8) is 0 Å². The lowest BCUT2D eigenvalue weighted by Gasteiger charge is -2.06. The Labute approximate surface area is 115 Å². The maximum Gasteiger partial charge on any atom is 0.312 e. The zero-order chi connectivity index (χ0) is 11.4. The quantitative estimate of drug-likeness (QED) is 0.415. The topological polar surface area (TPSA) is 52.4 Å². The van der Waals surface area contributed by atoms with E-state index in [-0.39, 0.29) is 5.69 Å². The maximum atomic E-state index is 10.8. The summed E-state index contributed by atoms with van der Waals surface area (Å²) in [6, 6.07) is 3.24. The lowest BCUT2D eigenvalue weighted by Crippen LogP contribution is -2.00. The molecule has 6 heteroatoms. The summed E-state index contributed by atoms with van der Waals surface area (Å²) < 4.78 is 7.16. The summed E-state index contributed by atoms with van der Waals surface area (Å²) in [5.74, 6) is 0.353. The zero-order valence-corrected chi connectivity index (χ0v) is 12.3. The number of benzene rings is 1. The van der Waals surface area contributed by atoms with Crippen molar-refractivity contribution in [1.82, 2.24) is 0 Å². The summed E-state index contributed by atoms with van der Waals surface area (Å²) in [4.78, 5) is 10.4. The minimum Gasteiger partial charge on any atom is -0.487 e.